The van der Waals surface area contributed by atoms with E-state index in [2.05, 4.69) is 5.32 Å². The van der Waals surface area contributed by atoms with E-state index in [0.717, 1.165) is 29.7 Å². The summed E-state index contributed by atoms with van der Waals surface area (Å²) in [7, 11) is 0. The van der Waals surface area contributed by atoms with Gasteiger partial charge in [0.2, 0.25) is 0 Å². The molecule has 21 heavy (non-hydrogen) atoms. The average molecular weight is 293 g/mol. The second kappa shape index (κ2) is 8.67. The van der Waals surface area contributed by atoms with Crippen LogP contribution in [0.2, 0.25) is 0 Å². The molecule has 0 radical (unpaired) electrons. The summed E-state index contributed by atoms with van der Waals surface area (Å²) < 4.78 is 5.81. The van der Waals surface area contributed by atoms with Crippen molar-refractivity contribution in [1.82, 2.24) is 5.32 Å². The maximum absolute atomic E-state index is 11.2. The van der Waals surface area contributed by atoms with Gasteiger partial charge in [0.1, 0.15) is 11.8 Å². The van der Waals surface area contributed by atoms with E-state index in [4.69, 9.17) is 4.74 Å². The van der Waals surface area contributed by atoms with E-state index in [1.165, 1.54) is 0 Å². The molecule has 1 rings (SSSR count). The Morgan fingerprint density at radius 2 is 1.95 bits per heavy atom. The van der Waals surface area contributed by atoms with Crippen LogP contribution in [-0.4, -0.2) is 30.3 Å². The first-order valence-electron chi connectivity index (χ1n) is 7.62. The molecule has 0 amide bonds. The number of para-hydroxylation sites is 1. The molecule has 1 aromatic carbocycles. The van der Waals surface area contributed by atoms with Gasteiger partial charge in [0.15, 0.2) is 0 Å². The first-order chi connectivity index (χ1) is 9.97. The number of carbonyl (C=O) groups is 1. The largest absolute Gasteiger partial charge is 0.493 e. The molecule has 0 bridgehead atoms. The maximum Gasteiger partial charge on any atom is 0.320 e. The van der Waals surface area contributed by atoms with Gasteiger partial charge in [0.25, 0.3) is 0 Å². The highest BCUT2D eigenvalue weighted by molar-refractivity contribution is 5.73. The highest BCUT2D eigenvalue weighted by Gasteiger charge is 2.22. The summed E-state index contributed by atoms with van der Waals surface area (Å²) in [6.45, 7) is 9.26. The standard InChI is InChI=1S/C17H27NO3/c1-5-12(2)15(17(19)20)18-10-7-11-21-16-13(3)8-6-9-14(16)4/h6,8-9,12,15,18H,5,7,10-11H2,1-4H3,(H,19,20)/t12-,15-/m0/s1. The number of hydrogen-bond acceptors (Lipinski definition) is 3. The number of benzene rings is 1. The van der Waals surface area contributed by atoms with Gasteiger partial charge in [0, 0.05) is 0 Å². The summed E-state index contributed by atoms with van der Waals surface area (Å²) in [6.07, 6.45) is 1.64. The van der Waals surface area contributed by atoms with E-state index in [1.54, 1.807) is 0 Å². The lowest BCUT2D eigenvalue weighted by Gasteiger charge is -2.20. The van der Waals surface area contributed by atoms with E-state index < -0.39 is 12.0 Å². The van der Waals surface area contributed by atoms with Crippen molar-refractivity contribution in [2.75, 3.05) is 13.2 Å². The fourth-order valence-electron chi connectivity index (χ4n) is 2.30. The van der Waals surface area contributed by atoms with Crippen LogP contribution in [0.1, 0.15) is 37.8 Å². The van der Waals surface area contributed by atoms with Crippen LogP contribution in [0.15, 0.2) is 18.2 Å². The number of carboxylic acids is 1. The zero-order valence-corrected chi connectivity index (χ0v) is 13.5. The molecule has 118 valence electrons. The Bertz CT molecular complexity index is 439. The number of aliphatic carboxylic acids is 1. The molecule has 0 spiro atoms. The molecule has 0 saturated carbocycles. The van der Waals surface area contributed by atoms with Gasteiger partial charge >= 0.3 is 5.97 Å². The molecule has 2 atom stereocenters. The topological polar surface area (TPSA) is 58.6 Å². The monoisotopic (exact) mass is 293 g/mol. The first kappa shape index (κ1) is 17.5. The summed E-state index contributed by atoms with van der Waals surface area (Å²) in [5, 5.41) is 12.3. The lowest BCUT2D eigenvalue weighted by molar-refractivity contribution is -0.140. The molecule has 1 aromatic rings. The van der Waals surface area contributed by atoms with Crippen molar-refractivity contribution < 1.29 is 14.6 Å². The van der Waals surface area contributed by atoms with Crippen molar-refractivity contribution in [1.29, 1.82) is 0 Å². The SMILES string of the molecule is CC[C@H](C)[C@H](NCCCOc1c(C)cccc1C)C(=O)O. The highest BCUT2D eigenvalue weighted by Crippen LogP contribution is 2.22. The molecule has 0 saturated heterocycles. The Kier molecular flexibility index (Phi) is 7.23. The van der Waals surface area contributed by atoms with Gasteiger partial charge in [-0.05, 0) is 43.9 Å². The Morgan fingerprint density at radius 1 is 1.33 bits per heavy atom. The zero-order valence-electron chi connectivity index (χ0n) is 13.5. The molecule has 0 fully saturated rings. The Labute approximate surface area is 127 Å². The van der Waals surface area contributed by atoms with Crippen molar-refractivity contribution in [2.45, 2.75) is 46.6 Å². The number of rotatable bonds is 9. The number of aryl methyl sites for hydroxylation is 2. The second-order valence-corrected chi connectivity index (χ2v) is 5.58. The number of ether oxygens (including phenoxy) is 1. The van der Waals surface area contributed by atoms with Gasteiger partial charge in [-0.1, -0.05) is 38.5 Å². The van der Waals surface area contributed by atoms with Crippen LogP contribution in [0.4, 0.5) is 0 Å². The average Bonchev–Trinajstić information content (AvgIpc) is 2.44. The minimum absolute atomic E-state index is 0.127. The molecule has 0 aliphatic rings. The summed E-state index contributed by atoms with van der Waals surface area (Å²) >= 11 is 0. The normalized spacial score (nSPS) is 13.7. The molecule has 0 aromatic heterocycles. The summed E-state index contributed by atoms with van der Waals surface area (Å²) in [4.78, 5) is 11.2. The molecule has 4 nitrogen and oxygen atoms in total. The van der Waals surface area contributed by atoms with Crippen LogP contribution < -0.4 is 10.1 Å². The van der Waals surface area contributed by atoms with Gasteiger partial charge in [-0.25, -0.2) is 0 Å². The Morgan fingerprint density at radius 3 is 2.48 bits per heavy atom. The van der Waals surface area contributed by atoms with Crippen LogP contribution in [0.25, 0.3) is 0 Å². The van der Waals surface area contributed by atoms with Crippen LogP contribution in [0.5, 0.6) is 5.75 Å². The summed E-state index contributed by atoms with van der Waals surface area (Å²) in [6, 6.07) is 5.60. The molecule has 0 aliphatic heterocycles. The van der Waals surface area contributed by atoms with E-state index in [-0.39, 0.29) is 5.92 Å². The van der Waals surface area contributed by atoms with Gasteiger partial charge in [-0.2, -0.15) is 0 Å². The minimum Gasteiger partial charge on any atom is -0.493 e. The quantitative estimate of drug-likeness (QED) is 0.687. The third kappa shape index (κ3) is 5.38. The predicted molar refractivity (Wildman–Crippen MR) is 84.9 cm³/mol. The van der Waals surface area contributed by atoms with E-state index in [0.29, 0.717) is 13.2 Å². The second-order valence-electron chi connectivity index (χ2n) is 5.58. The molecular formula is C17H27NO3. The third-order valence-corrected chi connectivity index (χ3v) is 3.82. The van der Waals surface area contributed by atoms with Gasteiger partial charge < -0.3 is 15.2 Å². The van der Waals surface area contributed by atoms with Crippen LogP contribution in [-0.2, 0) is 4.79 Å². The molecule has 4 heteroatoms. The first-order valence-corrected chi connectivity index (χ1v) is 7.62. The summed E-state index contributed by atoms with van der Waals surface area (Å²) in [5.74, 6) is 0.288. The molecular weight excluding hydrogens is 266 g/mol. The number of carboxylic acid groups (broad SMARTS) is 1. The third-order valence-electron chi connectivity index (χ3n) is 3.82. The van der Waals surface area contributed by atoms with E-state index >= 15 is 0 Å². The predicted octanol–water partition coefficient (Wildman–Crippen LogP) is 3.16. The molecule has 0 heterocycles. The Balaban J connectivity index is 2.36. The maximum atomic E-state index is 11.2. The van der Waals surface area contributed by atoms with Gasteiger partial charge in [-0.3, -0.25) is 4.79 Å². The lowest BCUT2D eigenvalue weighted by atomic mass is 9.99. The molecule has 0 unspecified atom stereocenters. The van der Waals surface area contributed by atoms with Crippen LogP contribution in [0.3, 0.4) is 0 Å². The van der Waals surface area contributed by atoms with Gasteiger partial charge in [-0.15, -0.1) is 0 Å². The van der Waals surface area contributed by atoms with Crippen LogP contribution in [0, 0.1) is 19.8 Å². The smallest absolute Gasteiger partial charge is 0.320 e. The number of hydrogen-bond donors (Lipinski definition) is 2. The number of nitrogens with one attached hydrogen (secondary N) is 1. The van der Waals surface area contributed by atoms with Gasteiger partial charge in [0.05, 0.1) is 6.61 Å². The fourth-order valence-corrected chi connectivity index (χ4v) is 2.30. The molecule has 2 N–H and O–H groups in total. The molecule has 0 aliphatic carbocycles. The van der Waals surface area contributed by atoms with Crippen molar-refractivity contribution >= 4 is 5.97 Å². The van der Waals surface area contributed by atoms with Crippen molar-refractivity contribution in [3.05, 3.63) is 29.3 Å². The van der Waals surface area contributed by atoms with E-state index in [1.807, 2.05) is 45.9 Å². The lowest BCUT2D eigenvalue weighted by Crippen LogP contribution is -2.42. The van der Waals surface area contributed by atoms with Crippen molar-refractivity contribution in [3.63, 3.8) is 0 Å². The van der Waals surface area contributed by atoms with E-state index in [9.17, 15) is 9.90 Å². The van der Waals surface area contributed by atoms with Crippen LogP contribution >= 0.6 is 0 Å². The fraction of sp³-hybridized carbons (Fsp3) is 0.588. The minimum atomic E-state index is -0.778. The summed E-state index contributed by atoms with van der Waals surface area (Å²) in [5.41, 5.74) is 2.26. The van der Waals surface area contributed by atoms with Crippen molar-refractivity contribution in [3.8, 4) is 5.75 Å². The zero-order chi connectivity index (χ0) is 15.8. The highest BCUT2D eigenvalue weighted by atomic mass is 16.5. The Hall–Kier alpha value is -1.55. The van der Waals surface area contributed by atoms with Crippen molar-refractivity contribution in [2.24, 2.45) is 5.92 Å².